The minimum Gasteiger partial charge on any atom is -0.342 e. The highest BCUT2D eigenvalue weighted by Crippen LogP contribution is 2.42. The van der Waals surface area contributed by atoms with Crippen LogP contribution in [0.1, 0.15) is 37.7 Å². The molecule has 1 aromatic carbocycles. The van der Waals surface area contributed by atoms with Gasteiger partial charge in [0.05, 0.1) is 5.41 Å². The van der Waals surface area contributed by atoms with Gasteiger partial charge in [0.15, 0.2) is 0 Å². The van der Waals surface area contributed by atoms with Crippen LogP contribution in [0.15, 0.2) is 24.3 Å². The van der Waals surface area contributed by atoms with Crippen LogP contribution in [0.3, 0.4) is 0 Å². The van der Waals surface area contributed by atoms with E-state index in [0.29, 0.717) is 5.91 Å². The average Bonchev–Trinajstić information content (AvgIpc) is 3.25. The van der Waals surface area contributed by atoms with Crippen LogP contribution in [-0.2, 0) is 11.3 Å². The first-order valence-corrected chi connectivity index (χ1v) is 9.29. The van der Waals surface area contributed by atoms with Crippen molar-refractivity contribution in [1.29, 1.82) is 0 Å². The second-order valence-corrected chi connectivity index (χ2v) is 8.11. The molecule has 23 heavy (non-hydrogen) atoms. The Kier molecular flexibility index (Phi) is 4.10. The van der Waals surface area contributed by atoms with Gasteiger partial charge in [-0.15, -0.1) is 0 Å². The molecule has 1 saturated carbocycles. The van der Waals surface area contributed by atoms with Crippen molar-refractivity contribution in [3.63, 3.8) is 0 Å². The number of rotatable bonds is 4. The smallest absolute Gasteiger partial charge is 0.230 e. The van der Waals surface area contributed by atoms with Gasteiger partial charge in [0.25, 0.3) is 0 Å². The largest absolute Gasteiger partial charge is 0.342 e. The van der Waals surface area contributed by atoms with E-state index in [9.17, 15) is 4.79 Å². The Morgan fingerprint density at radius 1 is 1.22 bits per heavy atom. The van der Waals surface area contributed by atoms with Crippen LogP contribution in [0, 0.1) is 11.3 Å². The molecule has 2 heterocycles. The Morgan fingerprint density at radius 2 is 2.09 bits per heavy atom. The fourth-order valence-electron chi connectivity index (χ4n) is 4.30. The molecule has 1 amide bonds. The number of nitrogens with zero attached hydrogens (tertiary/aromatic N) is 2. The summed E-state index contributed by atoms with van der Waals surface area (Å²) in [6, 6.07) is 8.08. The number of piperidine rings is 1. The molecule has 0 N–H and O–H groups in total. The summed E-state index contributed by atoms with van der Waals surface area (Å²) in [6.45, 7) is 4.83. The molecule has 1 unspecified atom stereocenters. The van der Waals surface area contributed by atoms with E-state index in [1.165, 1.54) is 24.8 Å². The van der Waals surface area contributed by atoms with Gasteiger partial charge in [0, 0.05) is 31.2 Å². The first-order valence-electron chi connectivity index (χ1n) is 8.91. The summed E-state index contributed by atoms with van der Waals surface area (Å²) >= 11 is 6.09. The maximum absolute atomic E-state index is 13.0. The number of carbonyl (C=O) groups is 1. The van der Waals surface area contributed by atoms with E-state index in [1.807, 2.05) is 18.2 Å². The minimum absolute atomic E-state index is 0.105. The van der Waals surface area contributed by atoms with E-state index < -0.39 is 0 Å². The van der Waals surface area contributed by atoms with Gasteiger partial charge in [-0.3, -0.25) is 9.69 Å². The molecule has 4 rings (SSSR count). The third-order valence-corrected chi connectivity index (χ3v) is 5.96. The Morgan fingerprint density at radius 3 is 2.87 bits per heavy atom. The molecule has 1 spiro atoms. The quantitative estimate of drug-likeness (QED) is 0.841. The fourth-order valence-corrected chi connectivity index (χ4v) is 4.52. The van der Waals surface area contributed by atoms with Crippen molar-refractivity contribution in [3.05, 3.63) is 34.9 Å². The molecule has 1 aromatic rings. The van der Waals surface area contributed by atoms with E-state index >= 15 is 0 Å². The van der Waals surface area contributed by atoms with Gasteiger partial charge < -0.3 is 4.90 Å². The number of hydrogen-bond acceptors (Lipinski definition) is 2. The Bertz CT molecular complexity index is 601. The number of hydrogen-bond donors (Lipinski definition) is 0. The zero-order valence-corrected chi connectivity index (χ0v) is 14.4. The SMILES string of the molecule is O=C1N(CC2CC2)CCCC12CCN(Cc1cccc(Cl)c1)C2. The summed E-state index contributed by atoms with van der Waals surface area (Å²) in [6.07, 6.45) is 5.89. The van der Waals surface area contributed by atoms with Crippen LogP contribution in [0.25, 0.3) is 0 Å². The van der Waals surface area contributed by atoms with Gasteiger partial charge in [0.1, 0.15) is 0 Å². The number of benzene rings is 1. The lowest BCUT2D eigenvalue weighted by Gasteiger charge is -2.39. The minimum atomic E-state index is -0.105. The Hall–Kier alpha value is -1.06. The monoisotopic (exact) mass is 332 g/mol. The molecule has 1 atom stereocenters. The normalized spacial score (nSPS) is 28.7. The molecule has 0 bridgehead atoms. The van der Waals surface area contributed by atoms with Gasteiger partial charge in [-0.1, -0.05) is 23.7 Å². The molecule has 3 aliphatic rings. The van der Waals surface area contributed by atoms with Crippen LogP contribution < -0.4 is 0 Å². The van der Waals surface area contributed by atoms with E-state index in [2.05, 4.69) is 15.9 Å². The van der Waals surface area contributed by atoms with Crippen molar-refractivity contribution >= 4 is 17.5 Å². The highest BCUT2D eigenvalue weighted by atomic mass is 35.5. The van der Waals surface area contributed by atoms with E-state index in [0.717, 1.165) is 56.5 Å². The lowest BCUT2D eigenvalue weighted by Crippen LogP contribution is -2.50. The third-order valence-electron chi connectivity index (χ3n) is 5.73. The van der Waals surface area contributed by atoms with Crippen LogP contribution >= 0.6 is 11.6 Å². The van der Waals surface area contributed by atoms with Gasteiger partial charge in [0.2, 0.25) is 5.91 Å². The zero-order chi connectivity index (χ0) is 15.9. The van der Waals surface area contributed by atoms with Crippen LogP contribution in [0.4, 0.5) is 0 Å². The summed E-state index contributed by atoms with van der Waals surface area (Å²) in [5.74, 6) is 1.22. The third kappa shape index (κ3) is 3.27. The first kappa shape index (κ1) is 15.5. The summed E-state index contributed by atoms with van der Waals surface area (Å²) in [4.78, 5) is 17.6. The fraction of sp³-hybridized carbons (Fsp3) is 0.632. The number of likely N-dealkylation sites (tertiary alicyclic amines) is 2. The van der Waals surface area contributed by atoms with Crippen molar-refractivity contribution in [2.45, 2.75) is 38.6 Å². The molecular weight excluding hydrogens is 308 g/mol. The molecule has 124 valence electrons. The average molecular weight is 333 g/mol. The van der Waals surface area contributed by atoms with Gasteiger partial charge in [-0.25, -0.2) is 0 Å². The highest BCUT2D eigenvalue weighted by Gasteiger charge is 2.48. The molecule has 3 nitrogen and oxygen atoms in total. The van der Waals surface area contributed by atoms with Crippen LogP contribution in [0.2, 0.25) is 5.02 Å². The zero-order valence-electron chi connectivity index (χ0n) is 13.6. The summed E-state index contributed by atoms with van der Waals surface area (Å²) < 4.78 is 0. The van der Waals surface area contributed by atoms with Gasteiger partial charge >= 0.3 is 0 Å². The van der Waals surface area contributed by atoms with Crippen molar-refractivity contribution < 1.29 is 4.79 Å². The topological polar surface area (TPSA) is 23.6 Å². The van der Waals surface area contributed by atoms with Gasteiger partial charge in [-0.05, 0) is 62.3 Å². The van der Waals surface area contributed by atoms with Crippen LogP contribution in [-0.4, -0.2) is 41.9 Å². The molecule has 0 radical (unpaired) electrons. The van der Waals surface area contributed by atoms with Crippen molar-refractivity contribution in [2.24, 2.45) is 11.3 Å². The molecular formula is C19H25ClN2O. The van der Waals surface area contributed by atoms with Crippen molar-refractivity contribution in [3.8, 4) is 0 Å². The van der Waals surface area contributed by atoms with Crippen molar-refractivity contribution in [1.82, 2.24) is 9.80 Å². The molecule has 2 saturated heterocycles. The summed E-state index contributed by atoms with van der Waals surface area (Å²) in [5, 5.41) is 0.792. The second kappa shape index (κ2) is 6.10. The number of halogens is 1. The van der Waals surface area contributed by atoms with Gasteiger partial charge in [-0.2, -0.15) is 0 Å². The predicted octanol–water partition coefficient (Wildman–Crippen LogP) is 3.56. The summed E-state index contributed by atoms with van der Waals surface area (Å²) in [7, 11) is 0. The lowest BCUT2D eigenvalue weighted by atomic mass is 9.78. The van der Waals surface area contributed by atoms with Crippen LogP contribution in [0.5, 0.6) is 0 Å². The standard InChI is InChI=1S/C19H25ClN2O/c20-17-4-1-3-16(11-17)12-21-10-8-19(14-21)7-2-9-22(18(19)23)13-15-5-6-15/h1,3-4,11,15H,2,5-10,12-14H2. The van der Waals surface area contributed by atoms with E-state index in [4.69, 9.17) is 11.6 Å². The van der Waals surface area contributed by atoms with E-state index in [-0.39, 0.29) is 5.41 Å². The maximum Gasteiger partial charge on any atom is 0.230 e. The van der Waals surface area contributed by atoms with E-state index in [1.54, 1.807) is 0 Å². The van der Waals surface area contributed by atoms with Crippen molar-refractivity contribution in [2.75, 3.05) is 26.2 Å². The summed E-state index contributed by atoms with van der Waals surface area (Å²) in [5.41, 5.74) is 1.14. The molecule has 0 aromatic heterocycles. The predicted molar refractivity (Wildman–Crippen MR) is 92.3 cm³/mol. The maximum atomic E-state index is 13.0. The number of carbonyl (C=O) groups excluding carboxylic acids is 1. The molecule has 4 heteroatoms. The molecule has 2 aliphatic heterocycles. The Balaban J connectivity index is 1.42. The lowest BCUT2D eigenvalue weighted by molar-refractivity contribution is -0.145. The Labute approximate surface area is 143 Å². The highest BCUT2D eigenvalue weighted by molar-refractivity contribution is 6.30. The second-order valence-electron chi connectivity index (χ2n) is 7.67. The first-order chi connectivity index (χ1) is 11.1. The number of amides is 1. The molecule has 1 aliphatic carbocycles. The molecule has 3 fully saturated rings.